The number of thiophene rings is 1. The molecule has 0 bridgehead atoms. The van der Waals surface area contributed by atoms with Crippen LogP contribution in [0.15, 0.2) is 114 Å². The topological polar surface area (TPSA) is 76.5 Å². The van der Waals surface area contributed by atoms with Crippen LogP contribution in [0.3, 0.4) is 0 Å². The Bertz CT molecular complexity index is 1990. The number of hydrogen-bond acceptors (Lipinski definition) is 5. The van der Waals surface area contributed by atoms with Crippen LogP contribution in [0.1, 0.15) is 16.8 Å². The Morgan fingerprint density at radius 1 is 0.750 bits per heavy atom. The van der Waals surface area contributed by atoms with Gasteiger partial charge in [-0.3, -0.25) is 9.78 Å². The van der Waals surface area contributed by atoms with E-state index in [1.165, 1.54) is 10.4 Å². The van der Waals surface area contributed by atoms with Crippen molar-refractivity contribution in [3.63, 3.8) is 0 Å². The molecule has 0 spiro atoms. The summed E-state index contributed by atoms with van der Waals surface area (Å²) in [4.78, 5) is 32.3. The fourth-order valence-corrected chi connectivity index (χ4v) is 6.09. The van der Waals surface area contributed by atoms with Crippen LogP contribution in [-0.4, -0.2) is 24.5 Å². The van der Waals surface area contributed by atoms with Crippen molar-refractivity contribution >= 4 is 33.4 Å². The van der Waals surface area contributed by atoms with Gasteiger partial charge in [-0.05, 0) is 59.5 Å². The molecule has 7 rings (SSSR count). The van der Waals surface area contributed by atoms with Gasteiger partial charge >= 0.3 is 0 Å². The van der Waals surface area contributed by atoms with Gasteiger partial charge in [0.2, 0.25) is 0 Å². The van der Waals surface area contributed by atoms with E-state index >= 15 is 0 Å². The number of rotatable bonds is 7. The number of hydrogen-bond donors (Lipinski definition) is 1. The van der Waals surface area contributed by atoms with Crippen LogP contribution < -0.4 is 5.56 Å². The molecule has 4 aromatic heterocycles. The lowest BCUT2D eigenvalue weighted by atomic mass is 10.1. The number of aryl methyl sites for hydroxylation is 2. The standard InChI is InChI=1S/C33H25N5OS/c39-33-28(19-23-9-5-2-6-10-23)35-26-21-29-27(20-25(26)37-33)36-32(38(29)18-15-22-7-3-1-4-8-22)31-12-11-30(40-31)24-13-16-34-17-14-24/h1-14,16-17,20-21H,15,18-19H2,(H,37,39). The molecule has 0 saturated carbocycles. The lowest BCUT2D eigenvalue weighted by Crippen LogP contribution is -2.15. The summed E-state index contributed by atoms with van der Waals surface area (Å²) in [5, 5.41) is 0. The fraction of sp³-hybridized carbons (Fsp3) is 0.0909. The van der Waals surface area contributed by atoms with Gasteiger partial charge in [-0.1, -0.05) is 60.7 Å². The summed E-state index contributed by atoms with van der Waals surface area (Å²) in [5.41, 5.74) is 7.09. The second kappa shape index (κ2) is 10.4. The van der Waals surface area contributed by atoms with Gasteiger partial charge in [0, 0.05) is 30.2 Å². The predicted molar refractivity (Wildman–Crippen MR) is 162 cm³/mol. The summed E-state index contributed by atoms with van der Waals surface area (Å²) in [5.74, 6) is 0.915. The van der Waals surface area contributed by atoms with E-state index in [2.05, 4.69) is 57.0 Å². The van der Waals surface area contributed by atoms with E-state index in [1.807, 2.05) is 67.0 Å². The third-order valence-electron chi connectivity index (χ3n) is 7.10. The number of aromatic amines is 1. The molecular formula is C33H25N5OS. The molecule has 194 valence electrons. The van der Waals surface area contributed by atoms with Crippen LogP contribution in [0.4, 0.5) is 0 Å². The highest BCUT2D eigenvalue weighted by atomic mass is 32.1. The van der Waals surface area contributed by atoms with Gasteiger partial charge in [-0.25, -0.2) is 9.97 Å². The van der Waals surface area contributed by atoms with Crippen molar-refractivity contribution in [3.8, 4) is 21.1 Å². The Morgan fingerprint density at radius 2 is 1.48 bits per heavy atom. The normalized spacial score (nSPS) is 11.4. The molecule has 0 fully saturated rings. The minimum atomic E-state index is -0.167. The van der Waals surface area contributed by atoms with Gasteiger partial charge in [0.1, 0.15) is 5.69 Å². The van der Waals surface area contributed by atoms with Crippen molar-refractivity contribution < 1.29 is 0 Å². The van der Waals surface area contributed by atoms with E-state index in [0.29, 0.717) is 17.6 Å². The molecule has 0 aliphatic heterocycles. The Morgan fingerprint density at radius 3 is 2.25 bits per heavy atom. The molecule has 0 radical (unpaired) electrons. The number of pyridine rings is 1. The Balaban J connectivity index is 1.35. The number of imidazole rings is 1. The maximum atomic E-state index is 12.9. The number of nitrogens with one attached hydrogen (secondary N) is 1. The monoisotopic (exact) mass is 539 g/mol. The second-order valence-corrected chi connectivity index (χ2v) is 10.8. The van der Waals surface area contributed by atoms with Crippen molar-refractivity contribution in [1.29, 1.82) is 0 Å². The van der Waals surface area contributed by atoms with E-state index in [4.69, 9.17) is 9.97 Å². The van der Waals surface area contributed by atoms with Crippen LogP contribution in [0.25, 0.3) is 43.2 Å². The van der Waals surface area contributed by atoms with Crippen molar-refractivity contribution in [2.24, 2.45) is 0 Å². The third kappa shape index (κ3) is 4.72. The SMILES string of the molecule is O=c1[nH]c2cc3nc(-c4ccc(-c5ccncc5)s4)n(CCc4ccccc4)c3cc2nc1Cc1ccccc1. The number of benzene rings is 3. The zero-order chi connectivity index (χ0) is 26.9. The predicted octanol–water partition coefficient (Wildman–Crippen LogP) is 6.90. The van der Waals surface area contributed by atoms with Gasteiger partial charge in [0.15, 0.2) is 5.82 Å². The van der Waals surface area contributed by atoms with E-state index in [9.17, 15) is 4.79 Å². The summed E-state index contributed by atoms with van der Waals surface area (Å²) in [6, 6.07) is 32.8. The highest BCUT2D eigenvalue weighted by molar-refractivity contribution is 7.18. The first-order valence-corrected chi connectivity index (χ1v) is 14.0. The van der Waals surface area contributed by atoms with Crippen molar-refractivity contribution in [2.45, 2.75) is 19.4 Å². The summed E-state index contributed by atoms with van der Waals surface area (Å²) in [7, 11) is 0. The highest BCUT2D eigenvalue weighted by Gasteiger charge is 2.17. The minimum Gasteiger partial charge on any atom is -0.323 e. The highest BCUT2D eigenvalue weighted by Crippen LogP contribution is 2.36. The molecule has 0 aliphatic rings. The van der Waals surface area contributed by atoms with E-state index in [0.717, 1.165) is 51.3 Å². The first kappa shape index (κ1) is 24.2. The molecular weight excluding hydrogens is 514 g/mol. The van der Waals surface area contributed by atoms with Crippen molar-refractivity contribution in [2.75, 3.05) is 0 Å². The lowest BCUT2D eigenvalue weighted by molar-refractivity contribution is 0.724. The molecule has 3 aromatic carbocycles. The Kier molecular flexibility index (Phi) is 6.26. The molecule has 0 unspecified atom stereocenters. The smallest absolute Gasteiger partial charge is 0.270 e. The molecule has 1 N–H and O–H groups in total. The fourth-order valence-electron chi connectivity index (χ4n) is 5.08. The summed E-state index contributed by atoms with van der Waals surface area (Å²) in [6.45, 7) is 0.768. The zero-order valence-electron chi connectivity index (χ0n) is 21.6. The molecule has 4 heterocycles. The average molecular weight is 540 g/mol. The van der Waals surface area contributed by atoms with Crippen LogP contribution in [0.5, 0.6) is 0 Å². The van der Waals surface area contributed by atoms with Gasteiger partial charge < -0.3 is 9.55 Å². The maximum Gasteiger partial charge on any atom is 0.270 e. The molecule has 0 saturated heterocycles. The zero-order valence-corrected chi connectivity index (χ0v) is 22.4. The number of fused-ring (bicyclic) bond motifs is 2. The molecule has 7 aromatic rings. The second-order valence-electron chi connectivity index (χ2n) is 9.76. The van der Waals surface area contributed by atoms with Crippen molar-refractivity contribution in [1.82, 2.24) is 24.5 Å². The first-order valence-electron chi connectivity index (χ1n) is 13.2. The molecule has 6 nitrogen and oxygen atoms in total. The summed E-state index contributed by atoms with van der Waals surface area (Å²) < 4.78 is 2.29. The van der Waals surface area contributed by atoms with Crippen molar-refractivity contribution in [3.05, 3.63) is 137 Å². The Hall–Kier alpha value is -4.88. The molecule has 0 aliphatic carbocycles. The van der Waals surface area contributed by atoms with Crippen LogP contribution in [0, 0.1) is 0 Å². The minimum absolute atomic E-state index is 0.167. The van der Waals surface area contributed by atoms with Crippen LogP contribution in [0.2, 0.25) is 0 Å². The number of H-pyrrole nitrogens is 1. The summed E-state index contributed by atoms with van der Waals surface area (Å²) in [6.07, 6.45) is 4.98. The molecule has 0 atom stereocenters. The maximum absolute atomic E-state index is 12.9. The van der Waals surface area contributed by atoms with E-state index in [-0.39, 0.29) is 5.56 Å². The van der Waals surface area contributed by atoms with Crippen LogP contribution in [-0.2, 0) is 19.4 Å². The van der Waals surface area contributed by atoms with Gasteiger partial charge in [0.05, 0.1) is 26.9 Å². The number of aromatic nitrogens is 5. The largest absolute Gasteiger partial charge is 0.323 e. The third-order valence-corrected chi connectivity index (χ3v) is 8.23. The molecule has 7 heteroatoms. The number of nitrogens with zero attached hydrogens (tertiary/aromatic N) is 4. The van der Waals surface area contributed by atoms with Gasteiger partial charge in [-0.15, -0.1) is 11.3 Å². The first-order chi connectivity index (χ1) is 19.7. The molecule has 0 amide bonds. The van der Waals surface area contributed by atoms with Crippen LogP contribution >= 0.6 is 11.3 Å². The average Bonchev–Trinajstić information content (AvgIpc) is 3.62. The lowest BCUT2D eigenvalue weighted by Gasteiger charge is -2.09. The van der Waals surface area contributed by atoms with Gasteiger partial charge in [0.25, 0.3) is 5.56 Å². The van der Waals surface area contributed by atoms with Gasteiger partial charge in [-0.2, -0.15) is 0 Å². The van der Waals surface area contributed by atoms with E-state index in [1.54, 1.807) is 11.3 Å². The Labute approximate surface area is 234 Å². The summed E-state index contributed by atoms with van der Waals surface area (Å²) >= 11 is 1.72. The van der Waals surface area contributed by atoms with E-state index < -0.39 is 0 Å². The quantitative estimate of drug-likeness (QED) is 0.239. The molecule has 40 heavy (non-hydrogen) atoms.